The minimum atomic E-state index is -0.150. The highest BCUT2D eigenvalue weighted by molar-refractivity contribution is 6.37. The quantitative estimate of drug-likeness (QED) is 0.691. The van der Waals surface area contributed by atoms with Crippen molar-refractivity contribution in [2.75, 3.05) is 5.73 Å². The van der Waals surface area contributed by atoms with Crippen molar-refractivity contribution in [3.63, 3.8) is 0 Å². The lowest BCUT2D eigenvalue weighted by Gasteiger charge is -2.11. The number of benzene rings is 2. The largest absolute Gasteiger partial charge is 0.438 e. The van der Waals surface area contributed by atoms with Crippen LogP contribution in [-0.4, -0.2) is 4.98 Å². The summed E-state index contributed by atoms with van der Waals surface area (Å²) in [7, 11) is 0. The van der Waals surface area contributed by atoms with Crippen LogP contribution in [-0.2, 0) is 5.41 Å². The van der Waals surface area contributed by atoms with Crippen LogP contribution in [0, 0.1) is 0 Å². The summed E-state index contributed by atoms with van der Waals surface area (Å²) in [5.41, 5.74) is 8.82. The number of anilines is 1. The second-order valence-electron chi connectivity index (χ2n) is 5.46. The van der Waals surface area contributed by atoms with E-state index >= 15 is 0 Å². The summed E-state index contributed by atoms with van der Waals surface area (Å²) >= 11 is 12.2. The number of rotatable bonds is 2. The molecule has 4 rings (SSSR count). The van der Waals surface area contributed by atoms with E-state index in [2.05, 4.69) is 4.98 Å². The number of hydrogen-bond donors (Lipinski definition) is 1. The van der Waals surface area contributed by atoms with Gasteiger partial charge in [-0.25, -0.2) is 4.98 Å². The predicted octanol–water partition coefficient (Wildman–Crippen LogP) is 4.80. The molecular formula is C16H12Cl2N2O. The first-order valence-corrected chi connectivity index (χ1v) is 7.46. The summed E-state index contributed by atoms with van der Waals surface area (Å²) in [5.74, 6) is 0.700. The van der Waals surface area contributed by atoms with Crippen LogP contribution in [0.25, 0.3) is 11.1 Å². The fourth-order valence-electron chi connectivity index (χ4n) is 2.72. The molecule has 0 unspecified atom stereocenters. The Morgan fingerprint density at radius 1 is 1.10 bits per heavy atom. The zero-order chi connectivity index (χ0) is 14.6. The van der Waals surface area contributed by atoms with Crippen molar-refractivity contribution in [2.24, 2.45) is 0 Å². The van der Waals surface area contributed by atoms with E-state index in [0.717, 1.165) is 18.5 Å². The molecule has 0 bridgehead atoms. The van der Waals surface area contributed by atoms with Crippen molar-refractivity contribution in [2.45, 2.75) is 18.3 Å². The number of nitrogens with two attached hydrogens (primary N) is 1. The van der Waals surface area contributed by atoms with Crippen LogP contribution in [0.2, 0.25) is 10.0 Å². The molecule has 0 amide bonds. The van der Waals surface area contributed by atoms with Gasteiger partial charge < -0.3 is 10.2 Å². The number of oxazole rings is 1. The molecule has 0 spiro atoms. The average molecular weight is 319 g/mol. The third-order valence-corrected chi connectivity index (χ3v) is 4.53. The molecule has 1 saturated carbocycles. The molecule has 0 aliphatic heterocycles. The van der Waals surface area contributed by atoms with E-state index in [1.54, 1.807) is 12.1 Å². The maximum atomic E-state index is 6.18. The van der Waals surface area contributed by atoms with Crippen LogP contribution in [0.4, 0.5) is 5.69 Å². The van der Waals surface area contributed by atoms with Gasteiger partial charge in [-0.1, -0.05) is 35.3 Å². The number of nitrogens with zero attached hydrogens (tertiary/aromatic N) is 1. The molecule has 0 atom stereocenters. The maximum absolute atomic E-state index is 6.18. The minimum absolute atomic E-state index is 0.150. The predicted molar refractivity (Wildman–Crippen MR) is 84.9 cm³/mol. The van der Waals surface area contributed by atoms with Crippen molar-refractivity contribution in [3.8, 4) is 0 Å². The van der Waals surface area contributed by atoms with Gasteiger partial charge >= 0.3 is 0 Å². The Morgan fingerprint density at radius 3 is 2.48 bits per heavy atom. The number of halogens is 2. The first kappa shape index (κ1) is 13.0. The molecule has 1 heterocycles. The first-order valence-electron chi connectivity index (χ1n) is 6.71. The van der Waals surface area contributed by atoms with Crippen molar-refractivity contribution < 1.29 is 4.42 Å². The van der Waals surface area contributed by atoms with Crippen molar-refractivity contribution in [1.29, 1.82) is 0 Å². The fourth-order valence-corrected chi connectivity index (χ4v) is 3.24. The molecule has 3 nitrogen and oxygen atoms in total. The highest BCUT2D eigenvalue weighted by atomic mass is 35.5. The summed E-state index contributed by atoms with van der Waals surface area (Å²) in [5, 5.41) is 1.05. The number of fused-ring (bicyclic) bond motifs is 1. The Morgan fingerprint density at radius 2 is 1.81 bits per heavy atom. The molecule has 106 valence electrons. The first-order chi connectivity index (χ1) is 10.1. The Kier molecular flexibility index (Phi) is 2.72. The van der Waals surface area contributed by atoms with Gasteiger partial charge in [0, 0.05) is 10.7 Å². The van der Waals surface area contributed by atoms with Crippen LogP contribution >= 0.6 is 23.2 Å². The Labute approximate surface area is 131 Å². The molecule has 1 aliphatic carbocycles. The van der Waals surface area contributed by atoms with Crippen molar-refractivity contribution >= 4 is 40.0 Å². The van der Waals surface area contributed by atoms with Gasteiger partial charge in [-0.2, -0.15) is 0 Å². The molecule has 3 aromatic rings. The lowest BCUT2D eigenvalue weighted by atomic mass is 9.96. The summed E-state index contributed by atoms with van der Waals surface area (Å²) in [6.07, 6.45) is 2.02. The smallest absolute Gasteiger partial charge is 0.206 e. The summed E-state index contributed by atoms with van der Waals surface area (Å²) in [6.45, 7) is 0. The minimum Gasteiger partial charge on any atom is -0.438 e. The zero-order valence-corrected chi connectivity index (χ0v) is 12.6. The third kappa shape index (κ3) is 2.00. The summed E-state index contributed by atoms with van der Waals surface area (Å²) in [6, 6.07) is 11.3. The van der Waals surface area contributed by atoms with Crippen LogP contribution in [0.5, 0.6) is 0 Å². The van der Waals surface area contributed by atoms with Crippen LogP contribution in [0.3, 0.4) is 0 Å². The molecular weight excluding hydrogens is 307 g/mol. The Bertz CT molecular complexity index is 835. The molecule has 0 radical (unpaired) electrons. The standard InChI is InChI=1S/C16H12Cl2N2O/c17-10-7-12(18)14-13(8-10)20-15(21-14)16(5-6-16)9-1-3-11(19)4-2-9/h1-4,7-8H,5-6,19H2. The number of nitrogen functional groups attached to an aromatic ring is 1. The van der Waals surface area contributed by atoms with E-state index in [9.17, 15) is 0 Å². The number of hydrogen-bond acceptors (Lipinski definition) is 3. The highest BCUT2D eigenvalue weighted by Gasteiger charge is 2.50. The van der Waals surface area contributed by atoms with Gasteiger partial charge in [0.25, 0.3) is 0 Å². The third-order valence-electron chi connectivity index (χ3n) is 4.03. The second kappa shape index (κ2) is 4.39. The van der Waals surface area contributed by atoms with Gasteiger partial charge in [-0.15, -0.1) is 0 Å². The fraction of sp³-hybridized carbons (Fsp3) is 0.188. The number of aromatic nitrogens is 1. The molecule has 1 aromatic heterocycles. The molecule has 2 N–H and O–H groups in total. The molecule has 5 heteroatoms. The normalized spacial score (nSPS) is 16.3. The van der Waals surface area contributed by atoms with Crippen molar-refractivity contribution in [1.82, 2.24) is 4.98 Å². The van der Waals surface area contributed by atoms with E-state index in [1.807, 2.05) is 24.3 Å². The monoisotopic (exact) mass is 318 g/mol. The van der Waals surface area contributed by atoms with Gasteiger partial charge in [0.05, 0.1) is 10.4 Å². The van der Waals surface area contributed by atoms with E-state index in [0.29, 0.717) is 27.0 Å². The molecule has 1 fully saturated rings. The Balaban J connectivity index is 1.86. The van der Waals surface area contributed by atoms with Gasteiger partial charge in [0.1, 0.15) is 5.52 Å². The van der Waals surface area contributed by atoms with Gasteiger partial charge in [0.15, 0.2) is 5.58 Å². The van der Waals surface area contributed by atoms with Crippen molar-refractivity contribution in [3.05, 3.63) is 57.9 Å². The lowest BCUT2D eigenvalue weighted by Crippen LogP contribution is -2.08. The van der Waals surface area contributed by atoms with Gasteiger partial charge in [-0.05, 0) is 42.7 Å². The zero-order valence-electron chi connectivity index (χ0n) is 11.1. The SMILES string of the molecule is Nc1ccc(C2(c3nc4cc(Cl)cc(Cl)c4o3)CC2)cc1. The topological polar surface area (TPSA) is 52.0 Å². The Hall–Kier alpha value is -1.71. The molecule has 2 aromatic carbocycles. The maximum Gasteiger partial charge on any atom is 0.206 e. The lowest BCUT2D eigenvalue weighted by molar-refractivity contribution is 0.492. The van der Waals surface area contributed by atoms with Gasteiger partial charge in [-0.3, -0.25) is 0 Å². The van der Waals surface area contributed by atoms with Crippen LogP contribution < -0.4 is 5.73 Å². The van der Waals surface area contributed by atoms with Crippen LogP contribution in [0.15, 0.2) is 40.8 Å². The van der Waals surface area contributed by atoms with E-state index in [4.69, 9.17) is 33.4 Å². The van der Waals surface area contributed by atoms with E-state index < -0.39 is 0 Å². The van der Waals surface area contributed by atoms with E-state index in [-0.39, 0.29) is 5.41 Å². The summed E-state index contributed by atoms with van der Waals surface area (Å²) < 4.78 is 5.93. The van der Waals surface area contributed by atoms with Gasteiger partial charge in [0.2, 0.25) is 5.89 Å². The van der Waals surface area contributed by atoms with E-state index in [1.165, 1.54) is 5.56 Å². The molecule has 0 saturated heterocycles. The second-order valence-corrected chi connectivity index (χ2v) is 6.30. The molecule has 1 aliphatic rings. The highest BCUT2D eigenvalue weighted by Crippen LogP contribution is 2.54. The van der Waals surface area contributed by atoms with Crippen LogP contribution in [0.1, 0.15) is 24.3 Å². The average Bonchev–Trinajstić information content (AvgIpc) is 3.13. The summed E-state index contributed by atoms with van der Waals surface area (Å²) in [4.78, 5) is 4.60. The molecule has 21 heavy (non-hydrogen) atoms.